The third-order valence-electron chi connectivity index (χ3n) is 2.87. The zero-order chi connectivity index (χ0) is 10.6. The van der Waals surface area contributed by atoms with E-state index in [1.165, 1.54) is 5.56 Å². The van der Waals surface area contributed by atoms with E-state index in [4.69, 9.17) is 0 Å². The highest BCUT2D eigenvalue weighted by Gasteiger charge is 2.24. The molecule has 1 aromatic rings. The highest BCUT2D eigenvalue weighted by atomic mass is 79.9. The molecule has 0 heterocycles. The molecular formula is C12H17BrSi. The molecule has 0 saturated heterocycles. The van der Waals surface area contributed by atoms with Gasteiger partial charge in [-0.1, -0.05) is 59.8 Å². The minimum absolute atomic E-state index is 0.307. The molecule has 1 rings (SSSR count). The van der Waals surface area contributed by atoms with Gasteiger partial charge in [-0.05, 0) is 27.9 Å². The van der Waals surface area contributed by atoms with Crippen LogP contribution in [0, 0.1) is 0 Å². The van der Waals surface area contributed by atoms with E-state index in [0.717, 1.165) is 27.6 Å². The Labute approximate surface area is 98.0 Å². The molecule has 0 fully saturated rings. The van der Waals surface area contributed by atoms with Crippen LogP contribution in [0.4, 0.5) is 0 Å². The molecule has 0 aliphatic heterocycles. The quantitative estimate of drug-likeness (QED) is 0.737. The summed E-state index contributed by atoms with van der Waals surface area (Å²) in [6.45, 7) is 6.28. The minimum atomic E-state index is 0.307. The zero-order valence-corrected chi connectivity index (χ0v) is 12.5. The van der Waals surface area contributed by atoms with E-state index in [1.807, 2.05) is 0 Å². The number of hydrogen-bond acceptors (Lipinski definition) is 0. The first-order chi connectivity index (χ1) is 6.58. The van der Waals surface area contributed by atoms with E-state index >= 15 is 0 Å². The van der Waals surface area contributed by atoms with Crippen LogP contribution in [0.15, 0.2) is 41.4 Å². The summed E-state index contributed by atoms with van der Waals surface area (Å²) in [6, 6.07) is 10.7. The van der Waals surface area contributed by atoms with Gasteiger partial charge in [-0.25, -0.2) is 0 Å². The van der Waals surface area contributed by atoms with Gasteiger partial charge in [-0.2, -0.15) is 0 Å². The second-order valence-electron chi connectivity index (χ2n) is 3.98. The van der Waals surface area contributed by atoms with Gasteiger partial charge >= 0.3 is 0 Å². The van der Waals surface area contributed by atoms with E-state index in [0.29, 0.717) is 5.04 Å². The predicted molar refractivity (Wildman–Crippen MR) is 71.1 cm³/mol. The maximum atomic E-state index is 4.05. The lowest BCUT2D eigenvalue weighted by Gasteiger charge is -2.27. The fourth-order valence-corrected chi connectivity index (χ4v) is 2.29. The van der Waals surface area contributed by atoms with Crippen LogP contribution in [0.25, 0.3) is 0 Å². The van der Waals surface area contributed by atoms with Gasteiger partial charge < -0.3 is 0 Å². The van der Waals surface area contributed by atoms with Crippen LogP contribution in [0.1, 0.15) is 18.9 Å². The van der Waals surface area contributed by atoms with Gasteiger partial charge in [-0.3, -0.25) is 0 Å². The Morgan fingerprint density at radius 1 is 1.43 bits per heavy atom. The summed E-state index contributed by atoms with van der Waals surface area (Å²) >= 11 is 3.55. The summed E-state index contributed by atoms with van der Waals surface area (Å²) in [5, 5.41) is 0.307. The van der Waals surface area contributed by atoms with E-state index < -0.39 is 0 Å². The Kier molecular flexibility index (Phi) is 4.14. The van der Waals surface area contributed by atoms with Crippen molar-refractivity contribution < 1.29 is 0 Å². The number of allylic oxidation sites excluding steroid dienone is 1. The van der Waals surface area contributed by atoms with Crippen molar-refractivity contribution in [3.05, 3.63) is 47.0 Å². The van der Waals surface area contributed by atoms with E-state index in [9.17, 15) is 0 Å². The lowest BCUT2D eigenvalue weighted by Crippen LogP contribution is -2.14. The zero-order valence-electron chi connectivity index (χ0n) is 8.89. The highest BCUT2D eigenvalue weighted by Crippen LogP contribution is 2.41. The molecule has 0 N–H and O–H groups in total. The molecule has 1 atom stereocenters. The van der Waals surface area contributed by atoms with Gasteiger partial charge in [0, 0.05) is 10.2 Å². The molecule has 0 radical (unpaired) electrons. The van der Waals surface area contributed by atoms with Crippen LogP contribution in [0.5, 0.6) is 0 Å². The molecule has 1 aromatic carbocycles. The minimum Gasteiger partial charge on any atom is -0.0886 e. The topological polar surface area (TPSA) is 0 Å². The van der Waals surface area contributed by atoms with Crippen molar-refractivity contribution in [2.24, 2.45) is 0 Å². The summed E-state index contributed by atoms with van der Waals surface area (Å²) in [7, 11) is 1.14. The Balaban J connectivity index is 2.81. The molecule has 0 saturated carbocycles. The fourth-order valence-electron chi connectivity index (χ4n) is 1.46. The first-order valence-electron chi connectivity index (χ1n) is 4.97. The van der Waals surface area contributed by atoms with Crippen molar-refractivity contribution in [3.63, 3.8) is 0 Å². The van der Waals surface area contributed by atoms with Crippen molar-refractivity contribution in [3.8, 4) is 0 Å². The molecule has 14 heavy (non-hydrogen) atoms. The molecule has 0 aliphatic rings. The average molecular weight is 269 g/mol. The number of hydrogen-bond donors (Lipinski definition) is 0. The number of rotatable bonds is 4. The number of halogens is 1. The first-order valence-corrected chi connectivity index (χ1v) is 6.76. The normalized spacial score (nSPS) is 15.0. The monoisotopic (exact) mass is 268 g/mol. The van der Waals surface area contributed by atoms with Crippen LogP contribution in [-0.2, 0) is 6.42 Å². The molecule has 0 spiro atoms. The van der Waals surface area contributed by atoms with Gasteiger partial charge in [0.05, 0.1) is 0 Å². The maximum Gasteiger partial charge on any atom is 0.0173 e. The summed E-state index contributed by atoms with van der Waals surface area (Å²) < 4.78 is 1.16. The van der Waals surface area contributed by atoms with Gasteiger partial charge in [0.1, 0.15) is 0 Å². The molecule has 0 amide bonds. The van der Waals surface area contributed by atoms with Crippen LogP contribution in [0.3, 0.4) is 0 Å². The van der Waals surface area contributed by atoms with E-state index in [1.54, 1.807) is 0 Å². The summed E-state index contributed by atoms with van der Waals surface area (Å²) in [5.74, 6) is 0. The van der Waals surface area contributed by atoms with E-state index in [2.05, 4.69) is 59.8 Å². The third-order valence-corrected chi connectivity index (χ3v) is 6.23. The van der Waals surface area contributed by atoms with Gasteiger partial charge in [-0.15, -0.1) is 0 Å². The molecule has 1 unspecified atom stereocenters. The highest BCUT2D eigenvalue weighted by molar-refractivity contribution is 9.11. The smallest absolute Gasteiger partial charge is 0.0173 e. The third kappa shape index (κ3) is 2.82. The largest absolute Gasteiger partial charge is 0.0886 e. The molecule has 0 bridgehead atoms. The van der Waals surface area contributed by atoms with Crippen LogP contribution >= 0.6 is 15.9 Å². The van der Waals surface area contributed by atoms with Crippen molar-refractivity contribution in [1.82, 2.24) is 0 Å². The van der Waals surface area contributed by atoms with Crippen LogP contribution < -0.4 is 0 Å². The standard InChI is InChI=1S/C12H17BrSi/c1-3-12(14,10(2)13)9-11-7-5-4-6-8-11/h4-8H,2-3,9H2,1,14H3. The van der Waals surface area contributed by atoms with Crippen LogP contribution in [-0.4, -0.2) is 10.2 Å². The lowest BCUT2D eigenvalue weighted by molar-refractivity contribution is 0.645. The molecule has 2 heteroatoms. The van der Waals surface area contributed by atoms with Gasteiger partial charge in [0.2, 0.25) is 0 Å². The van der Waals surface area contributed by atoms with Crippen molar-refractivity contribution in [1.29, 1.82) is 0 Å². The first kappa shape index (κ1) is 11.7. The molecule has 0 nitrogen and oxygen atoms in total. The fraction of sp³-hybridized carbons (Fsp3) is 0.333. The van der Waals surface area contributed by atoms with Gasteiger partial charge in [0.15, 0.2) is 0 Å². The Bertz CT molecular complexity index is 307. The van der Waals surface area contributed by atoms with E-state index in [-0.39, 0.29) is 0 Å². The number of benzene rings is 1. The van der Waals surface area contributed by atoms with Crippen molar-refractivity contribution >= 4 is 26.2 Å². The van der Waals surface area contributed by atoms with Crippen molar-refractivity contribution in [2.75, 3.05) is 0 Å². The molecule has 0 aliphatic carbocycles. The summed E-state index contributed by atoms with van der Waals surface area (Å²) in [6.07, 6.45) is 2.28. The Morgan fingerprint density at radius 3 is 2.43 bits per heavy atom. The second kappa shape index (κ2) is 4.94. The summed E-state index contributed by atoms with van der Waals surface area (Å²) in [4.78, 5) is 0. The molecule has 76 valence electrons. The summed E-state index contributed by atoms with van der Waals surface area (Å²) in [5.41, 5.74) is 1.41. The SMILES string of the molecule is C=C(Br)C([SiH3])(CC)Cc1ccccc1. The lowest BCUT2D eigenvalue weighted by atomic mass is 9.95. The maximum absolute atomic E-state index is 4.05. The Morgan fingerprint density at radius 2 is 2.00 bits per heavy atom. The molecule has 0 aromatic heterocycles. The second-order valence-corrected chi connectivity index (χ2v) is 6.85. The Hall–Kier alpha value is -0.343. The van der Waals surface area contributed by atoms with Crippen LogP contribution in [0.2, 0.25) is 5.04 Å². The van der Waals surface area contributed by atoms with Crippen molar-refractivity contribution in [2.45, 2.75) is 24.8 Å². The predicted octanol–water partition coefficient (Wildman–Crippen LogP) is 3.07. The average Bonchev–Trinajstić information content (AvgIpc) is 2.19. The van der Waals surface area contributed by atoms with Gasteiger partial charge in [0.25, 0.3) is 0 Å². The molecular weight excluding hydrogens is 252 g/mol.